The maximum Gasteiger partial charge on any atom is 0.326 e. The number of benzene rings is 1. The van der Waals surface area contributed by atoms with E-state index in [9.17, 15) is 14.4 Å². The minimum atomic E-state index is -1.33. The molecule has 1 rings (SSSR count). The molecule has 0 saturated carbocycles. The average molecular weight is 358 g/mol. The number of nitrogens with zero attached hydrogens (tertiary/aromatic N) is 1. The fraction of sp³-hybridized carbons (Fsp3) is 0.308. The molecule has 0 radical (unpaired) electrons. The molecule has 4 N–H and O–H groups in total. The first-order valence-corrected chi connectivity index (χ1v) is 6.86. The highest BCUT2D eigenvalue weighted by Gasteiger charge is 2.23. The molecule has 114 valence electrons. The zero-order valence-electron chi connectivity index (χ0n) is 11.4. The van der Waals surface area contributed by atoms with E-state index >= 15 is 0 Å². The van der Waals surface area contributed by atoms with Crippen molar-refractivity contribution >= 4 is 33.8 Å². The van der Waals surface area contributed by atoms with Gasteiger partial charge >= 0.3 is 12.0 Å². The monoisotopic (exact) mass is 357 g/mol. The number of nitrogens with two attached hydrogens (primary N) is 1. The molecule has 0 spiro atoms. The van der Waals surface area contributed by atoms with Crippen molar-refractivity contribution in [1.82, 2.24) is 10.2 Å². The van der Waals surface area contributed by atoms with Gasteiger partial charge in [0.05, 0.1) is 6.42 Å². The summed E-state index contributed by atoms with van der Waals surface area (Å²) in [5, 5.41) is 11.2. The number of urea groups is 1. The van der Waals surface area contributed by atoms with Crippen LogP contribution in [0.5, 0.6) is 0 Å². The summed E-state index contributed by atoms with van der Waals surface area (Å²) in [6.45, 7) is 0.300. The molecule has 1 aromatic rings. The van der Waals surface area contributed by atoms with Crippen LogP contribution < -0.4 is 11.1 Å². The second kappa shape index (κ2) is 7.63. The van der Waals surface area contributed by atoms with Crippen LogP contribution in [0, 0.1) is 0 Å². The molecule has 0 heterocycles. The molecule has 0 aliphatic rings. The number of amides is 3. The third-order valence-corrected chi connectivity index (χ3v) is 3.15. The van der Waals surface area contributed by atoms with E-state index in [0.717, 1.165) is 10.0 Å². The van der Waals surface area contributed by atoms with Gasteiger partial charge in [-0.15, -0.1) is 0 Å². The van der Waals surface area contributed by atoms with Gasteiger partial charge in [-0.3, -0.25) is 4.79 Å². The first kappa shape index (κ1) is 17.0. The van der Waals surface area contributed by atoms with E-state index < -0.39 is 30.4 Å². The predicted molar refractivity (Wildman–Crippen MR) is 79.4 cm³/mol. The molecule has 8 heteroatoms. The van der Waals surface area contributed by atoms with Gasteiger partial charge in [0, 0.05) is 18.1 Å². The van der Waals surface area contributed by atoms with Gasteiger partial charge in [0.15, 0.2) is 0 Å². The molecule has 0 fully saturated rings. The van der Waals surface area contributed by atoms with Gasteiger partial charge in [0.25, 0.3) is 0 Å². The van der Waals surface area contributed by atoms with Crippen molar-refractivity contribution in [1.29, 1.82) is 0 Å². The van der Waals surface area contributed by atoms with E-state index in [-0.39, 0.29) is 0 Å². The third kappa shape index (κ3) is 5.82. The van der Waals surface area contributed by atoms with Crippen molar-refractivity contribution in [2.75, 3.05) is 7.05 Å². The smallest absolute Gasteiger partial charge is 0.326 e. The Morgan fingerprint density at radius 3 is 2.62 bits per heavy atom. The largest absolute Gasteiger partial charge is 0.480 e. The fourth-order valence-electron chi connectivity index (χ4n) is 1.64. The van der Waals surface area contributed by atoms with E-state index in [1.807, 2.05) is 24.3 Å². The number of carboxylic acid groups (broad SMARTS) is 1. The molecular weight excluding hydrogens is 342 g/mol. The Bertz CT molecular complexity index is 550. The van der Waals surface area contributed by atoms with E-state index in [1.165, 1.54) is 11.9 Å². The van der Waals surface area contributed by atoms with Gasteiger partial charge in [-0.05, 0) is 17.7 Å². The number of hydrogen-bond acceptors (Lipinski definition) is 3. The minimum absolute atomic E-state index is 0.300. The van der Waals surface area contributed by atoms with E-state index in [4.69, 9.17) is 10.8 Å². The van der Waals surface area contributed by atoms with Gasteiger partial charge in [0.1, 0.15) is 6.04 Å². The number of aliphatic carboxylic acids is 1. The highest BCUT2D eigenvalue weighted by molar-refractivity contribution is 9.10. The Morgan fingerprint density at radius 2 is 2.10 bits per heavy atom. The van der Waals surface area contributed by atoms with Gasteiger partial charge < -0.3 is 21.1 Å². The lowest BCUT2D eigenvalue weighted by Crippen LogP contribution is -2.48. The Labute approximate surface area is 130 Å². The highest BCUT2D eigenvalue weighted by atomic mass is 79.9. The Kier molecular flexibility index (Phi) is 6.16. The highest BCUT2D eigenvalue weighted by Crippen LogP contribution is 2.13. The zero-order valence-corrected chi connectivity index (χ0v) is 13.0. The lowest BCUT2D eigenvalue weighted by molar-refractivity contribution is -0.140. The second-order valence-corrected chi connectivity index (χ2v) is 5.41. The molecule has 0 saturated heterocycles. The molecule has 1 aromatic carbocycles. The summed E-state index contributed by atoms with van der Waals surface area (Å²) in [4.78, 5) is 35.0. The van der Waals surface area contributed by atoms with Crippen LogP contribution in [0.3, 0.4) is 0 Å². The zero-order chi connectivity index (χ0) is 16.0. The van der Waals surface area contributed by atoms with Crippen molar-refractivity contribution in [2.24, 2.45) is 5.73 Å². The van der Waals surface area contributed by atoms with E-state index in [2.05, 4.69) is 21.2 Å². The van der Waals surface area contributed by atoms with Crippen LogP contribution in [0.2, 0.25) is 0 Å². The van der Waals surface area contributed by atoms with Crippen LogP contribution in [0.1, 0.15) is 12.0 Å². The van der Waals surface area contributed by atoms with Crippen LogP contribution in [0.4, 0.5) is 4.79 Å². The Balaban J connectivity index is 2.64. The quantitative estimate of drug-likeness (QED) is 0.702. The van der Waals surface area contributed by atoms with E-state index in [1.54, 1.807) is 0 Å². The van der Waals surface area contributed by atoms with Crippen molar-refractivity contribution in [3.63, 3.8) is 0 Å². The molecule has 0 unspecified atom stereocenters. The van der Waals surface area contributed by atoms with Gasteiger partial charge in [-0.1, -0.05) is 28.1 Å². The molecule has 21 heavy (non-hydrogen) atoms. The first-order valence-electron chi connectivity index (χ1n) is 6.06. The number of halogens is 1. The Morgan fingerprint density at radius 1 is 1.43 bits per heavy atom. The van der Waals surface area contributed by atoms with Crippen LogP contribution in [0.25, 0.3) is 0 Å². The average Bonchev–Trinajstić information content (AvgIpc) is 2.37. The summed E-state index contributed by atoms with van der Waals surface area (Å²) in [5.74, 6) is -2.10. The van der Waals surface area contributed by atoms with Gasteiger partial charge in [-0.2, -0.15) is 0 Å². The SMILES string of the molecule is CN(Cc1cccc(Br)c1)C(=O)N[C@H](CC(N)=O)C(=O)O. The lowest BCUT2D eigenvalue weighted by Gasteiger charge is -2.21. The van der Waals surface area contributed by atoms with Crippen LogP contribution in [-0.2, 0) is 16.1 Å². The summed E-state index contributed by atoms with van der Waals surface area (Å²) in [7, 11) is 1.53. The van der Waals surface area contributed by atoms with Crippen molar-refractivity contribution in [3.05, 3.63) is 34.3 Å². The number of carbonyl (C=O) groups excluding carboxylic acids is 2. The molecule has 0 aromatic heterocycles. The minimum Gasteiger partial charge on any atom is -0.480 e. The van der Waals surface area contributed by atoms with Crippen molar-refractivity contribution < 1.29 is 19.5 Å². The summed E-state index contributed by atoms with van der Waals surface area (Å²) in [6.07, 6.45) is -0.453. The third-order valence-electron chi connectivity index (χ3n) is 2.66. The summed E-state index contributed by atoms with van der Waals surface area (Å²) >= 11 is 3.33. The number of hydrogen-bond donors (Lipinski definition) is 3. The van der Waals surface area contributed by atoms with Crippen molar-refractivity contribution in [2.45, 2.75) is 19.0 Å². The number of carbonyl (C=O) groups is 3. The standard InChI is InChI=1S/C13H16BrN3O4/c1-17(7-8-3-2-4-9(14)5-8)13(21)16-10(12(19)20)6-11(15)18/h2-5,10H,6-7H2,1H3,(H2,15,18)(H,16,21)(H,19,20)/t10-/m1/s1. The van der Waals surface area contributed by atoms with E-state index in [0.29, 0.717) is 6.54 Å². The number of nitrogens with one attached hydrogen (secondary N) is 1. The maximum absolute atomic E-state index is 11.9. The maximum atomic E-state index is 11.9. The molecule has 0 aliphatic heterocycles. The van der Waals surface area contributed by atoms with Gasteiger partial charge in [0.2, 0.25) is 5.91 Å². The molecule has 0 aliphatic carbocycles. The number of rotatable bonds is 6. The number of carboxylic acids is 1. The van der Waals surface area contributed by atoms with Crippen LogP contribution >= 0.6 is 15.9 Å². The summed E-state index contributed by atoms with van der Waals surface area (Å²) in [6, 6.07) is 5.45. The molecule has 7 nitrogen and oxygen atoms in total. The van der Waals surface area contributed by atoms with Crippen LogP contribution in [-0.4, -0.2) is 41.0 Å². The van der Waals surface area contributed by atoms with Gasteiger partial charge in [-0.25, -0.2) is 9.59 Å². The fourth-order valence-corrected chi connectivity index (χ4v) is 2.09. The summed E-state index contributed by atoms with van der Waals surface area (Å²) in [5.41, 5.74) is 5.83. The lowest BCUT2D eigenvalue weighted by atomic mass is 10.2. The molecule has 3 amide bonds. The molecule has 1 atom stereocenters. The van der Waals surface area contributed by atoms with Crippen LogP contribution in [0.15, 0.2) is 28.7 Å². The number of primary amides is 1. The molecular formula is C13H16BrN3O4. The summed E-state index contributed by atoms with van der Waals surface area (Å²) < 4.78 is 0.881. The normalized spacial score (nSPS) is 11.5. The topological polar surface area (TPSA) is 113 Å². The first-order chi connectivity index (χ1) is 9.79. The second-order valence-electron chi connectivity index (χ2n) is 4.50. The van der Waals surface area contributed by atoms with Crippen molar-refractivity contribution in [3.8, 4) is 0 Å². The predicted octanol–water partition coefficient (Wildman–Crippen LogP) is 0.919. The molecule has 0 bridgehead atoms. The Hall–Kier alpha value is -2.09.